The van der Waals surface area contributed by atoms with Crippen molar-refractivity contribution >= 4 is 45.7 Å². The Kier molecular flexibility index (Phi) is 7.93. The van der Waals surface area contributed by atoms with Gasteiger partial charge in [-0.1, -0.05) is 36.9 Å². The van der Waals surface area contributed by atoms with Gasteiger partial charge in [0.2, 0.25) is 5.91 Å². The van der Waals surface area contributed by atoms with Crippen molar-refractivity contribution in [3.05, 3.63) is 86.9 Å². The van der Waals surface area contributed by atoms with Gasteiger partial charge in [-0.25, -0.2) is 4.98 Å². The molecule has 1 atom stereocenters. The molecule has 0 saturated heterocycles. The molecule has 1 aromatic carbocycles. The first-order chi connectivity index (χ1) is 17.4. The van der Waals surface area contributed by atoms with Gasteiger partial charge in [0.15, 0.2) is 5.13 Å². The fourth-order valence-electron chi connectivity index (χ4n) is 4.03. The highest BCUT2D eigenvalue weighted by Gasteiger charge is 2.36. The Morgan fingerprint density at radius 2 is 2.08 bits per heavy atom. The number of anilines is 2. The van der Waals surface area contributed by atoms with Crippen LogP contribution in [0, 0.1) is 18.3 Å². The van der Waals surface area contributed by atoms with Gasteiger partial charge in [-0.05, 0) is 43.5 Å². The van der Waals surface area contributed by atoms with Gasteiger partial charge in [-0.3, -0.25) is 9.59 Å². The molecule has 3 N–H and O–H groups in total. The van der Waals surface area contributed by atoms with E-state index in [0.29, 0.717) is 32.8 Å². The van der Waals surface area contributed by atoms with Crippen LogP contribution in [0.25, 0.3) is 0 Å². The van der Waals surface area contributed by atoms with Crippen molar-refractivity contribution in [1.82, 2.24) is 10.3 Å². The summed E-state index contributed by atoms with van der Waals surface area (Å²) in [6, 6.07) is 11.6. The molecule has 4 rings (SSSR count). The van der Waals surface area contributed by atoms with Gasteiger partial charge in [0.25, 0.3) is 5.91 Å². The zero-order valence-electron chi connectivity index (χ0n) is 20.0. The second-order valence-corrected chi connectivity index (χ2v) is 9.94. The number of nitrogens with one attached hydrogen (secondary N) is 3. The Labute approximate surface area is 217 Å². The summed E-state index contributed by atoms with van der Waals surface area (Å²) >= 11 is 2.52. The number of hydrogen-bond acceptors (Lipinski definition) is 8. The molecule has 0 aliphatic carbocycles. The summed E-state index contributed by atoms with van der Waals surface area (Å²) in [6.07, 6.45) is 3.89. The first kappa shape index (κ1) is 25.3. The SMILES string of the molecule is CCc1cccc(C)c1NC(=O)C1=C(C)NC(SCC(=O)Nc2nccs2)=C(C#N)C1c1ccco1. The number of carbonyl (C=O) groups excluding carboxylic acids is 2. The Bertz CT molecular complexity index is 1370. The van der Waals surface area contributed by atoms with Crippen molar-refractivity contribution < 1.29 is 14.0 Å². The number of benzene rings is 1. The molecule has 1 unspecified atom stereocenters. The number of nitrogens with zero attached hydrogens (tertiary/aromatic N) is 2. The van der Waals surface area contributed by atoms with E-state index in [2.05, 4.69) is 27.0 Å². The van der Waals surface area contributed by atoms with Crippen LogP contribution in [-0.4, -0.2) is 22.6 Å². The minimum Gasteiger partial charge on any atom is -0.468 e. The molecule has 0 fully saturated rings. The number of aromatic nitrogens is 1. The molecule has 2 amide bonds. The van der Waals surface area contributed by atoms with Crippen molar-refractivity contribution in [2.75, 3.05) is 16.4 Å². The van der Waals surface area contributed by atoms with E-state index in [4.69, 9.17) is 4.42 Å². The van der Waals surface area contributed by atoms with Crippen molar-refractivity contribution in [2.45, 2.75) is 33.1 Å². The molecule has 184 valence electrons. The summed E-state index contributed by atoms with van der Waals surface area (Å²) in [5.74, 6) is -0.736. The molecule has 1 aliphatic heterocycles. The van der Waals surface area contributed by atoms with Gasteiger partial charge in [0, 0.05) is 23.0 Å². The number of thiazole rings is 1. The summed E-state index contributed by atoms with van der Waals surface area (Å²) in [5.41, 5.74) is 4.04. The van der Waals surface area contributed by atoms with E-state index >= 15 is 0 Å². The Balaban J connectivity index is 1.63. The van der Waals surface area contributed by atoms with Gasteiger partial charge in [-0.2, -0.15) is 5.26 Å². The average molecular weight is 520 g/mol. The lowest BCUT2D eigenvalue weighted by atomic mass is 9.85. The summed E-state index contributed by atoms with van der Waals surface area (Å²) < 4.78 is 5.67. The number of hydrogen-bond donors (Lipinski definition) is 3. The number of para-hydroxylation sites is 1. The summed E-state index contributed by atoms with van der Waals surface area (Å²) in [7, 11) is 0. The standard InChI is InChI=1S/C26H25N5O3S2/c1-4-17-8-5-7-15(2)23(17)31-24(33)21-16(3)29-25(18(13-27)22(21)19-9-6-11-34-19)36-14-20(32)30-26-28-10-12-35-26/h5-12,22,29H,4,14H2,1-3H3,(H,31,33)(H,28,30,32). The lowest BCUT2D eigenvalue weighted by Gasteiger charge is -2.28. The second kappa shape index (κ2) is 11.3. The molecule has 2 aromatic heterocycles. The van der Waals surface area contributed by atoms with Crippen LogP contribution in [0.4, 0.5) is 10.8 Å². The highest BCUT2D eigenvalue weighted by atomic mass is 32.2. The molecule has 0 radical (unpaired) electrons. The van der Waals surface area contributed by atoms with E-state index in [0.717, 1.165) is 23.2 Å². The number of amides is 2. The van der Waals surface area contributed by atoms with E-state index in [1.165, 1.54) is 29.4 Å². The Morgan fingerprint density at radius 3 is 2.75 bits per heavy atom. The Hall–Kier alpha value is -3.81. The Morgan fingerprint density at radius 1 is 1.25 bits per heavy atom. The highest BCUT2D eigenvalue weighted by molar-refractivity contribution is 8.03. The first-order valence-electron chi connectivity index (χ1n) is 11.3. The van der Waals surface area contributed by atoms with Crippen LogP contribution in [0.15, 0.2) is 74.5 Å². The lowest BCUT2D eigenvalue weighted by molar-refractivity contribution is -0.114. The monoisotopic (exact) mass is 519 g/mol. The zero-order valence-corrected chi connectivity index (χ0v) is 21.7. The number of aryl methyl sites for hydroxylation is 2. The third-order valence-electron chi connectivity index (χ3n) is 5.72. The van der Waals surface area contributed by atoms with Gasteiger partial charge >= 0.3 is 0 Å². The minimum absolute atomic E-state index is 0.0653. The van der Waals surface area contributed by atoms with Crippen molar-refractivity contribution in [3.8, 4) is 6.07 Å². The molecule has 0 saturated carbocycles. The lowest BCUT2D eigenvalue weighted by Crippen LogP contribution is -2.31. The van der Waals surface area contributed by atoms with E-state index < -0.39 is 5.92 Å². The molecule has 0 bridgehead atoms. The van der Waals surface area contributed by atoms with Crippen LogP contribution in [0.2, 0.25) is 0 Å². The average Bonchev–Trinajstić information content (AvgIpc) is 3.58. The van der Waals surface area contributed by atoms with Gasteiger partial charge in [0.1, 0.15) is 5.76 Å². The summed E-state index contributed by atoms with van der Waals surface area (Å²) in [5, 5.41) is 21.9. The summed E-state index contributed by atoms with van der Waals surface area (Å²) in [6.45, 7) is 5.77. The largest absolute Gasteiger partial charge is 0.468 e. The van der Waals surface area contributed by atoms with Crippen LogP contribution in [0.3, 0.4) is 0 Å². The van der Waals surface area contributed by atoms with Crippen molar-refractivity contribution in [2.24, 2.45) is 0 Å². The van der Waals surface area contributed by atoms with E-state index in [9.17, 15) is 14.9 Å². The molecule has 3 aromatic rings. The third kappa shape index (κ3) is 5.37. The molecule has 36 heavy (non-hydrogen) atoms. The van der Waals surface area contributed by atoms with Gasteiger partial charge < -0.3 is 20.4 Å². The van der Waals surface area contributed by atoms with Crippen molar-refractivity contribution in [3.63, 3.8) is 0 Å². The zero-order chi connectivity index (χ0) is 25.7. The number of nitriles is 1. The van der Waals surface area contributed by atoms with E-state index in [-0.39, 0.29) is 17.6 Å². The number of rotatable bonds is 8. The van der Waals surface area contributed by atoms with Crippen LogP contribution < -0.4 is 16.0 Å². The third-order valence-corrected chi connectivity index (χ3v) is 7.43. The number of furan rings is 1. The maximum absolute atomic E-state index is 13.7. The van der Waals surface area contributed by atoms with E-state index in [1.54, 1.807) is 30.6 Å². The predicted molar refractivity (Wildman–Crippen MR) is 142 cm³/mol. The molecule has 8 nitrogen and oxygen atoms in total. The smallest absolute Gasteiger partial charge is 0.254 e. The fourth-order valence-corrected chi connectivity index (χ4v) is 5.47. The number of thioether (sulfide) groups is 1. The minimum atomic E-state index is -0.718. The topological polar surface area (TPSA) is 120 Å². The summed E-state index contributed by atoms with van der Waals surface area (Å²) in [4.78, 5) is 30.1. The molecule has 10 heteroatoms. The predicted octanol–water partition coefficient (Wildman–Crippen LogP) is 5.31. The van der Waals surface area contributed by atoms with Crippen LogP contribution in [-0.2, 0) is 16.0 Å². The molecule has 1 aliphatic rings. The van der Waals surface area contributed by atoms with Gasteiger partial charge in [-0.15, -0.1) is 11.3 Å². The van der Waals surface area contributed by atoms with Crippen LogP contribution in [0.5, 0.6) is 0 Å². The first-order valence-corrected chi connectivity index (χ1v) is 13.2. The van der Waals surface area contributed by atoms with Gasteiger partial charge in [0.05, 0.1) is 40.2 Å². The van der Waals surface area contributed by atoms with E-state index in [1.807, 2.05) is 32.0 Å². The van der Waals surface area contributed by atoms with Crippen LogP contribution in [0.1, 0.15) is 36.7 Å². The van der Waals surface area contributed by atoms with Crippen LogP contribution >= 0.6 is 23.1 Å². The number of dihydropyridines is 1. The number of carbonyl (C=O) groups is 2. The maximum atomic E-state index is 13.7. The fraction of sp³-hybridized carbons (Fsp3) is 0.231. The molecular weight excluding hydrogens is 494 g/mol. The second-order valence-electron chi connectivity index (χ2n) is 8.06. The molecule has 0 spiro atoms. The number of allylic oxidation sites excluding steroid dienone is 2. The molecular formula is C26H25N5O3S2. The quantitative estimate of drug-likeness (QED) is 0.369. The highest BCUT2D eigenvalue weighted by Crippen LogP contribution is 2.41. The molecule has 3 heterocycles. The maximum Gasteiger partial charge on any atom is 0.254 e. The normalized spacial score (nSPS) is 15.3. The van der Waals surface area contributed by atoms with Crippen molar-refractivity contribution in [1.29, 1.82) is 5.26 Å².